The van der Waals surface area contributed by atoms with E-state index < -0.39 is 0 Å². The van der Waals surface area contributed by atoms with Crippen LogP contribution in [0.5, 0.6) is 0 Å². The van der Waals surface area contributed by atoms with Crippen molar-refractivity contribution in [2.75, 3.05) is 0 Å². The molecule has 0 amide bonds. The lowest BCUT2D eigenvalue weighted by atomic mass is 10.3. The summed E-state index contributed by atoms with van der Waals surface area (Å²) in [5.41, 5.74) is 5.56. The maximum atomic E-state index is 5.64. The third-order valence-corrected chi connectivity index (χ3v) is 1.97. The number of hydrogen-bond donors (Lipinski definition) is 1. The average Bonchev–Trinajstić information content (AvgIpc) is 2.45. The highest BCUT2D eigenvalue weighted by Crippen LogP contribution is 2.31. The molecule has 1 fully saturated rings. The van der Waals surface area contributed by atoms with Crippen LogP contribution in [0.25, 0.3) is 0 Å². The van der Waals surface area contributed by atoms with Gasteiger partial charge in [0.05, 0.1) is 5.54 Å². The van der Waals surface area contributed by atoms with Crippen LogP contribution in [0, 0.1) is 11.2 Å². The molecule has 8 heavy (non-hydrogen) atoms. The van der Waals surface area contributed by atoms with Gasteiger partial charge in [0.25, 0.3) is 0 Å². The van der Waals surface area contributed by atoms with Crippen molar-refractivity contribution in [2.45, 2.75) is 18.4 Å². The summed E-state index contributed by atoms with van der Waals surface area (Å²) in [6.07, 6.45) is 2.16. The number of hydrogen-bond acceptors (Lipinski definition) is 2. The fourth-order valence-electron chi connectivity index (χ4n) is 0.381. The quantitative estimate of drug-likeness (QED) is 0.512. The van der Waals surface area contributed by atoms with Gasteiger partial charge in [-0.15, -0.1) is 0 Å². The highest BCUT2D eigenvalue weighted by Gasteiger charge is 2.36. The molecule has 3 heteroatoms. The Bertz CT molecular complexity index is 142. The van der Waals surface area contributed by atoms with E-state index >= 15 is 0 Å². The molecule has 0 aromatic carbocycles. The molecule has 0 unspecified atom stereocenters. The minimum absolute atomic E-state index is 0.0851. The summed E-state index contributed by atoms with van der Waals surface area (Å²) in [5.74, 6) is 2.97. The van der Waals surface area contributed by atoms with Crippen molar-refractivity contribution in [3.05, 3.63) is 0 Å². The van der Waals surface area contributed by atoms with Crippen LogP contribution in [0.3, 0.4) is 0 Å². The summed E-state index contributed by atoms with van der Waals surface area (Å²) < 4.78 is 0. The van der Waals surface area contributed by atoms with Crippen molar-refractivity contribution in [3.8, 4) is 11.2 Å². The van der Waals surface area contributed by atoms with Crippen LogP contribution >= 0.6 is 30.1 Å². The van der Waals surface area contributed by atoms with E-state index in [-0.39, 0.29) is 5.54 Å². The zero-order valence-corrected chi connectivity index (χ0v) is 7.25. The Morgan fingerprint density at radius 2 is 2.25 bits per heavy atom. The number of halogens is 1. The second-order valence-corrected chi connectivity index (χ2v) is 3.64. The van der Waals surface area contributed by atoms with E-state index in [1.54, 1.807) is 0 Å². The van der Waals surface area contributed by atoms with Gasteiger partial charge in [-0.25, -0.2) is 0 Å². The second kappa shape index (κ2) is 2.46. The zero-order chi connectivity index (χ0) is 6.04. The van der Waals surface area contributed by atoms with Crippen molar-refractivity contribution < 1.29 is 0 Å². The molecule has 2 N–H and O–H groups in total. The molecule has 1 nitrogen and oxygen atoms in total. The summed E-state index contributed by atoms with van der Waals surface area (Å²) in [6, 6.07) is 0. The molecule has 0 atom stereocenters. The monoisotopic (exact) mass is 239 g/mol. The Morgan fingerprint density at radius 1 is 1.62 bits per heavy atom. The Labute approximate surface area is 65.4 Å². The fourth-order valence-corrected chi connectivity index (χ4v) is 0.953. The van der Waals surface area contributed by atoms with Crippen LogP contribution in [0.15, 0.2) is 0 Å². The van der Waals surface area contributed by atoms with Crippen molar-refractivity contribution in [2.24, 2.45) is 5.73 Å². The maximum Gasteiger partial charge on any atom is 0.0787 e. The standard InChI is InChI=1S/C5H6INS/c6-8-4-3-5(7)1-2-5/h1-2,7H2. The van der Waals surface area contributed by atoms with Crippen molar-refractivity contribution in [1.29, 1.82) is 0 Å². The van der Waals surface area contributed by atoms with Gasteiger partial charge in [0.15, 0.2) is 0 Å². The SMILES string of the molecule is NC1(C#CSI)CC1. The van der Waals surface area contributed by atoms with Crippen molar-refractivity contribution in [1.82, 2.24) is 0 Å². The molecule has 0 heterocycles. The molecule has 0 radical (unpaired) electrons. The molecule has 1 rings (SSSR count). The van der Waals surface area contributed by atoms with Crippen LogP contribution in [0.4, 0.5) is 0 Å². The summed E-state index contributed by atoms with van der Waals surface area (Å²) in [6.45, 7) is 0. The minimum atomic E-state index is -0.0851. The van der Waals surface area contributed by atoms with Gasteiger partial charge in [0, 0.05) is 21.2 Å². The first-order valence-corrected chi connectivity index (χ1v) is 5.71. The lowest BCUT2D eigenvalue weighted by molar-refractivity contribution is 0.891. The molecule has 0 aliphatic heterocycles. The highest BCUT2D eigenvalue weighted by molar-refractivity contribution is 14.2. The van der Waals surface area contributed by atoms with Gasteiger partial charge in [-0.3, -0.25) is 0 Å². The van der Waals surface area contributed by atoms with E-state index in [4.69, 9.17) is 5.73 Å². The lowest BCUT2D eigenvalue weighted by Gasteiger charge is -1.90. The number of nitrogens with two attached hydrogens (primary N) is 1. The molecule has 44 valence electrons. The zero-order valence-electron chi connectivity index (χ0n) is 4.28. The molecule has 0 saturated heterocycles. The Morgan fingerprint density at radius 3 is 2.62 bits per heavy atom. The van der Waals surface area contributed by atoms with Crippen LogP contribution in [0.2, 0.25) is 0 Å². The van der Waals surface area contributed by atoms with Gasteiger partial charge in [-0.05, 0) is 27.0 Å². The first kappa shape index (κ1) is 6.72. The first-order chi connectivity index (χ1) is 3.77. The smallest absolute Gasteiger partial charge is 0.0787 e. The van der Waals surface area contributed by atoms with Crippen LogP contribution < -0.4 is 5.73 Å². The molecular formula is C5H6INS. The van der Waals surface area contributed by atoms with E-state index in [1.807, 2.05) is 0 Å². The predicted octanol–water partition coefficient (Wildman–Crippen LogP) is 1.52. The summed E-state index contributed by atoms with van der Waals surface area (Å²) in [4.78, 5) is 0. The Balaban J connectivity index is 2.38. The maximum absolute atomic E-state index is 5.64. The predicted molar refractivity (Wildman–Crippen MR) is 45.5 cm³/mol. The van der Waals surface area contributed by atoms with Gasteiger partial charge in [0.2, 0.25) is 0 Å². The molecule has 1 saturated carbocycles. The topological polar surface area (TPSA) is 26.0 Å². The normalized spacial score (nSPS) is 21.2. The average molecular weight is 239 g/mol. The van der Waals surface area contributed by atoms with E-state index in [1.165, 1.54) is 8.93 Å². The van der Waals surface area contributed by atoms with Crippen LogP contribution in [0.1, 0.15) is 12.8 Å². The Kier molecular flexibility index (Phi) is 2.07. The van der Waals surface area contributed by atoms with Crippen LogP contribution in [-0.2, 0) is 0 Å². The van der Waals surface area contributed by atoms with E-state index in [0.717, 1.165) is 12.8 Å². The molecule has 1 aliphatic rings. The molecule has 0 bridgehead atoms. The van der Waals surface area contributed by atoms with E-state index in [0.29, 0.717) is 0 Å². The van der Waals surface area contributed by atoms with Gasteiger partial charge in [0.1, 0.15) is 0 Å². The van der Waals surface area contributed by atoms with E-state index in [2.05, 4.69) is 32.4 Å². The third-order valence-electron chi connectivity index (χ3n) is 1.13. The molecular weight excluding hydrogens is 233 g/mol. The second-order valence-electron chi connectivity index (χ2n) is 1.96. The molecule has 0 spiro atoms. The van der Waals surface area contributed by atoms with Crippen LogP contribution in [-0.4, -0.2) is 5.54 Å². The van der Waals surface area contributed by atoms with Gasteiger partial charge >= 0.3 is 0 Å². The fraction of sp³-hybridized carbons (Fsp3) is 0.600. The van der Waals surface area contributed by atoms with E-state index in [9.17, 15) is 0 Å². The van der Waals surface area contributed by atoms with Crippen molar-refractivity contribution >= 4 is 30.1 Å². The highest BCUT2D eigenvalue weighted by atomic mass is 127. The summed E-state index contributed by atoms with van der Waals surface area (Å²) >= 11 is 2.14. The third kappa shape index (κ3) is 1.84. The van der Waals surface area contributed by atoms with Gasteiger partial charge < -0.3 is 5.73 Å². The lowest BCUT2D eigenvalue weighted by Crippen LogP contribution is -2.17. The minimum Gasteiger partial charge on any atom is -0.315 e. The largest absolute Gasteiger partial charge is 0.315 e. The number of rotatable bonds is 0. The van der Waals surface area contributed by atoms with Gasteiger partial charge in [-0.2, -0.15) is 0 Å². The molecule has 0 aromatic heterocycles. The molecule has 1 aliphatic carbocycles. The van der Waals surface area contributed by atoms with Gasteiger partial charge in [-0.1, -0.05) is 5.92 Å². The Hall–Kier alpha value is 0.600. The molecule has 0 aromatic rings. The summed E-state index contributed by atoms with van der Waals surface area (Å²) in [7, 11) is 1.50. The van der Waals surface area contributed by atoms with Crippen molar-refractivity contribution in [3.63, 3.8) is 0 Å². The summed E-state index contributed by atoms with van der Waals surface area (Å²) in [5, 5.41) is 2.88. The first-order valence-electron chi connectivity index (χ1n) is 2.35.